The number of carbonyl (C=O) groups is 2. The van der Waals surface area contributed by atoms with Crippen LogP contribution in [0.15, 0.2) is 41.8 Å². The predicted octanol–water partition coefficient (Wildman–Crippen LogP) is 2.19. The zero-order valence-corrected chi connectivity index (χ0v) is 15.7. The minimum absolute atomic E-state index is 0.0387. The summed E-state index contributed by atoms with van der Waals surface area (Å²) in [5, 5.41) is 7.89. The standard InChI is InChI=1S/C19H25N3O2S/c1-4-14-7-9-15(10-8-14)19(16-6-5-11-25-16)21-12-18(24)22(3)13-17(23)20-2/h5-11,19,21H,4,12-13H2,1-3H3,(H,20,23)/t19-/m1/s1. The van der Waals surface area contributed by atoms with Gasteiger partial charge in [-0.2, -0.15) is 0 Å². The number of nitrogens with one attached hydrogen (secondary N) is 2. The summed E-state index contributed by atoms with van der Waals surface area (Å²) in [7, 11) is 3.20. The van der Waals surface area contributed by atoms with Gasteiger partial charge in [0.05, 0.1) is 19.1 Å². The van der Waals surface area contributed by atoms with Crippen molar-refractivity contribution < 1.29 is 9.59 Å². The number of amides is 2. The Morgan fingerprint density at radius 1 is 1.20 bits per heavy atom. The first kappa shape index (κ1) is 19.1. The van der Waals surface area contributed by atoms with Crippen LogP contribution in [0, 0.1) is 0 Å². The van der Waals surface area contributed by atoms with E-state index < -0.39 is 0 Å². The summed E-state index contributed by atoms with van der Waals surface area (Å²) in [6, 6.07) is 12.5. The van der Waals surface area contributed by atoms with Gasteiger partial charge in [0.2, 0.25) is 11.8 Å². The topological polar surface area (TPSA) is 61.4 Å². The number of nitrogens with zero attached hydrogens (tertiary/aromatic N) is 1. The molecule has 25 heavy (non-hydrogen) atoms. The summed E-state index contributed by atoms with van der Waals surface area (Å²) in [6.07, 6.45) is 1.00. The quantitative estimate of drug-likeness (QED) is 0.760. The third-order valence-electron chi connectivity index (χ3n) is 4.09. The van der Waals surface area contributed by atoms with Gasteiger partial charge in [0, 0.05) is 19.0 Å². The zero-order chi connectivity index (χ0) is 18.2. The molecule has 134 valence electrons. The molecule has 6 heteroatoms. The number of aryl methyl sites for hydroxylation is 1. The maximum atomic E-state index is 12.3. The average molecular weight is 359 g/mol. The van der Waals surface area contributed by atoms with E-state index in [1.54, 1.807) is 25.4 Å². The van der Waals surface area contributed by atoms with Crippen LogP contribution in [0.4, 0.5) is 0 Å². The molecule has 5 nitrogen and oxygen atoms in total. The highest BCUT2D eigenvalue weighted by Gasteiger charge is 2.18. The second-order valence-electron chi connectivity index (χ2n) is 5.85. The highest BCUT2D eigenvalue weighted by molar-refractivity contribution is 7.10. The van der Waals surface area contributed by atoms with E-state index in [1.807, 2.05) is 11.4 Å². The monoisotopic (exact) mass is 359 g/mol. The lowest BCUT2D eigenvalue weighted by molar-refractivity contribution is -0.133. The van der Waals surface area contributed by atoms with Crippen molar-refractivity contribution in [2.24, 2.45) is 0 Å². The van der Waals surface area contributed by atoms with Crippen molar-refractivity contribution in [2.45, 2.75) is 19.4 Å². The fourth-order valence-corrected chi connectivity index (χ4v) is 3.32. The summed E-state index contributed by atoms with van der Waals surface area (Å²) in [5.74, 6) is -0.295. The molecule has 0 saturated carbocycles. The molecule has 0 fully saturated rings. The third kappa shape index (κ3) is 5.41. The van der Waals surface area contributed by atoms with Crippen molar-refractivity contribution in [1.29, 1.82) is 0 Å². The summed E-state index contributed by atoms with van der Waals surface area (Å²) in [6.45, 7) is 2.36. The zero-order valence-electron chi connectivity index (χ0n) is 14.9. The van der Waals surface area contributed by atoms with Crippen LogP contribution in [-0.2, 0) is 16.0 Å². The van der Waals surface area contributed by atoms with E-state index in [9.17, 15) is 9.59 Å². The van der Waals surface area contributed by atoms with Gasteiger partial charge in [-0.25, -0.2) is 0 Å². The van der Waals surface area contributed by atoms with Gasteiger partial charge in [0.1, 0.15) is 0 Å². The van der Waals surface area contributed by atoms with E-state index in [0.29, 0.717) is 0 Å². The summed E-state index contributed by atoms with van der Waals surface area (Å²) in [4.78, 5) is 26.3. The molecule has 1 heterocycles. The molecule has 0 radical (unpaired) electrons. The molecule has 1 aromatic heterocycles. The Bertz CT molecular complexity index is 683. The van der Waals surface area contributed by atoms with Crippen LogP contribution in [0.1, 0.15) is 29.0 Å². The highest BCUT2D eigenvalue weighted by atomic mass is 32.1. The SMILES string of the molecule is CCc1ccc([C@@H](NCC(=O)N(C)CC(=O)NC)c2cccs2)cc1. The van der Waals surface area contributed by atoms with Crippen LogP contribution >= 0.6 is 11.3 Å². The molecule has 0 bridgehead atoms. The molecule has 0 aliphatic heterocycles. The lowest BCUT2D eigenvalue weighted by atomic mass is 10.0. The predicted molar refractivity (Wildman–Crippen MR) is 102 cm³/mol. The Balaban J connectivity index is 2.07. The van der Waals surface area contributed by atoms with Crippen molar-refractivity contribution in [1.82, 2.24) is 15.5 Å². The lowest BCUT2D eigenvalue weighted by Gasteiger charge is -2.21. The van der Waals surface area contributed by atoms with E-state index >= 15 is 0 Å². The van der Waals surface area contributed by atoms with E-state index in [4.69, 9.17) is 0 Å². The molecule has 1 atom stereocenters. The molecular weight excluding hydrogens is 334 g/mol. The average Bonchev–Trinajstić information content (AvgIpc) is 3.16. The van der Waals surface area contributed by atoms with Gasteiger partial charge >= 0.3 is 0 Å². The number of thiophene rings is 1. The summed E-state index contributed by atoms with van der Waals surface area (Å²) < 4.78 is 0. The Morgan fingerprint density at radius 2 is 1.92 bits per heavy atom. The van der Waals surface area contributed by atoms with E-state index in [2.05, 4.69) is 47.9 Å². The van der Waals surface area contributed by atoms with Crippen LogP contribution in [0.25, 0.3) is 0 Å². The fraction of sp³-hybridized carbons (Fsp3) is 0.368. The van der Waals surface area contributed by atoms with E-state index in [0.717, 1.165) is 16.9 Å². The number of rotatable bonds is 8. The molecule has 2 N–H and O–H groups in total. The van der Waals surface area contributed by atoms with Gasteiger partial charge < -0.3 is 10.2 Å². The first-order chi connectivity index (χ1) is 12.0. The molecule has 0 aliphatic carbocycles. The van der Waals surface area contributed by atoms with Crippen molar-refractivity contribution in [2.75, 3.05) is 27.2 Å². The molecule has 0 spiro atoms. The molecule has 2 rings (SSSR count). The maximum absolute atomic E-state index is 12.3. The second kappa shape index (κ2) is 9.34. The van der Waals surface area contributed by atoms with Crippen LogP contribution in [0.5, 0.6) is 0 Å². The van der Waals surface area contributed by atoms with Crippen molar-refractivity contribution >= 4 is 23.2 Å². The van der Waals surface area contributed by atoms with Gasteiger partial charge in [-0.15, -0.1) is 11.3 Å². The second-order valence-corrected chi connectivity index (χ2v) is 6.83. The van der Waals surface area contributed by atoms with Crippen molar-refractivity contribution in [3.8, 4) is 0 Å². The number of likely N-dealkylation sites (N-methyl/N-ethyl adjacent to an activating group) is 2. The minimum atomic E-state index is -0.180. The van der Waals surface area contributed by atoms with E-state index in [-0.39, 0.29) is 30.9 Å². The highest BCUT2D eigenvalue weighted by Crippen LogP contribution is 2.26. The van der Waals surface area contributed by atoms with Gasteiger partial charge in [-0.1, -0.05) is 37.3 Å². The van der Waals surface area contributed by atoms with Gasteiger partial charge in [-0.3, -0.25) is 14.9 Å². The number of hydrogen-bond donors (Lipinski definition) is 2. The molecule has 1 aromatic carbocycles. The van der Waals surface area contributed by atoms with Gasteiger partial charge in [0.25, 0.3) is 0 Å². The van der Waals surface area contributed by atoms with Crippen LogP contribution in [0.2, 0.25) is 0 Å². The molecular formula is C19H25N3O2S. The van der Waals surface area contributed by atoms with Gasteiger partial charge in [0.15, 0.2) is 0 Å². The molecule has 2 aromatic rings. The maximum Gasteiger partial charge on any atom is 0.239 e. The first-order valence-corrected chi connectivity index (χ1v) is 9.23. The molecule has 0 aliphatic rings. The molecule has 0 unspecified atom stereocenters. The Labute approximate surface area is 153 Å². The third-order valence-corrected chi connectivity index (χ3v) is 5.03. The summed E-state index contributed by atoms with van der Waals surface area (Å²) in [5.41, 5.74) is 2.41. The molecule has 2 amide bonds. The number of carbonyl (C=O) groups excluding carboxylic acids is 2. The van der Waals surface area contributed by atoms with E-state index in [1.165, 1.54) is 10.5 Å². The number of hydrogen-bond acceptors (Lipinski definition) is 4. The Hall–Kier alpha value is -2.18. The van der Waals surface area contributed by atoms with Crippen LogP contribution < -0.4 is 10.6 Å². The smallest absolute Gasteiger partial charge is 0.239 e. The fourth-order valence-electron chi connectivity index (χ4n) is 2.49. The summed E-state index contributed by atoms with van der Waals surface area (Å²) >= 11 is 1.66. The normalized spacial score (nSPS) is 11.8. The Morgan fingerprint density at radius 3 is 2.48 bits per heavy atom. The minimum Gasteiger partial charge on any atom is -0.358 e. The lowest BCUT2D eigenvalue weighted by Crippen LogP contribution is -2.42. The first-order valence-electron chi connectivity index (χ1n) is 8.35. The largest absolute Gasteiger partial charge is 0.358 e. The Kier molecular flexibility index (Phi) is 7.16. The molecule has 0 saturated heterocycles. The van der Waals surface area contributed by atoms with Crippen LogP contribution in [-0.4, -0.2) is 43.9 Å². The number of benzene rings is 1. The van der Waals surface area contributed by atoms with Crippen molar-refractivity contribution in [3.63, 3.8) is 0 Å². The van der Waals surface area contributed by atoms with Crippen LogP contribution in [0.3, 0.4) is 0 Å². The van der Waals surface area contributed by atoms with Gasteiger partial charge in [-0.05, 0) is 29.0 Å². The van der Waals surface area contributed by atoms with Crippen molar-refractivity contribution in [3.05, 3.63) is 57.8 Å².